The van der Waals surface area contributed by atoms with Crippen molar-refractivity contribution in [1.82, 2.24) is 5.32 Å². The van der Waals surface area contributed by atoms with E-state index in [0.29, 0.717) is 24.2 Å². The van der Waals surface area contributed by atoms with Gasteiger partial charge in [0.25, 0.3) is 5.91 Å². The molecule has 5 nitrogen and oxygen atoms in total. The lowest BCUT2D eigenvalue weighted by molar-refractivity contribution is 0.0933. The molecule has 0 spiro atoms. The molecule has 1 aliphatic carbocycles. The predicted octanol–water partition coefficient (Wildman–Crippen LogP) is 3.18. The molecule has 23 heavy (non-hydrogen) atoms. The van der Waals surface area contributed by atoms with Gasteiger partial charge in [0.05, 0.1) is 23.6 Å². The van der Waals surface area contributed by atoms with E-state index in [2.05, 4.69) is 11.4 Å². The number of rotatable bonds is 7. The fourth-order valence-electron chi connectivity index (χ4n) is 2.73. The van der Waals surface area contributed by atoms with Crippen molar-refractivity contribution >= 4 is 5.91 Å². The van der Waals surface area contributed by atoms with Crippen LogP contribution in [0.25, 0.3) is 0 Å². The quantitative estimate of drug-likeness (QED) is 0.838. The van der Waals surface area contributed by atoms with Crippen molar-refractivity contribution in [2.45, 2.75) is 44.6 Å². The lowest BCUT2D eigenvalue weighted by Crippen LogP contribution is -2.32. The molecule has 120 valence electrons. The van der Waals surface area contributed by atoms with Gasteiger partial charge in [0, 0.05) is 12.5 Å². The summed E-state index contributed by atoms with van der Waals surface area (Å²) in [5.41, 5.74) is 0.497. The fourth-order valence-corrected chi connectivity index (χ4v) is 2.73. The molecule has 5 heteroatoms. The lowest BCUT2D eigenvalue weighted by Gasteiger charge is -2.16. The molecule has 1 aliphatic rings. The number of hydrogen-bond donors (Lipinski definition) is 1. The van der Waals surface area contributed by atoms with Crippen LogP contribution in [-0.2, 0) is 0 Å². The minimum absolute atomic E-state index is 0.127. The average Bonchev–Trinajstić information content (AvgIpc) is 3.08. The molecule has 0 heterocycles. The van der Waals surface area contributed by atoms with E-state index in [1.165, 1.54) is 0 Å². The van der Waals surface area contributed by atoms with Gasteiger partial charge in [-0.15, -0.1) is 0 Å². The van der Waals surface area contributed by atoms with Crippen molar-refractivity contribution in [3.63, 3.8) is 0 Å². The second-order valence-electron chi connectivity index (χ2n) is 5.78. The third-order valence-corrected chi connectivity index (χ3v) is 4.05. The first-order chi connectivity index (χ1) is 11.2. The number of benzene rings is 1. The smallest absolute Gasteiger partial charge is 0.255 e. The number of ether oxygens (including phenoxy) is 1. The van der Waals surface area contributed by atoms with Crippen molar-refractivity contribution in [2.75, 3.05) is 6.61 Å². The van der Waals surface area contributed by atoms with Crippen LogP contribution in [0, 0.1) is 28.6 Å². The van der Waals surface area contributed by atoms with Crippen molar-refractivity contribution in [3.8, 4) is 17.9 Å². The zero-order valence-electron chi connectivity index (χ0n) is 13.1. The largest absolute Gasteiger partial charge is 0.491 e. The van der Waals surface area contributed by atoms with Gasteiger partial charge in [-0.05, 0) is 31.4 Å². The Hall–Kier alpha value is -2.53. The van der Waals surface area contributed by atoms with Crippen molar-refractivity contribution < 1.29 is 9.53 Å². The predicted molar refractivity (Wildman–Crippen MR) is 85.6 cm³/mol. The Labute approximate surface area is 136 Å². The summed E-state index contributed by atoms with van der Waals surface area (Å²) in [7, 11) is 0. The Morgan fingerprint density at radius 2 is 2.04 bits per heavy atom. The first-order valence-electron chi connectivity index (χ1n) is 8.04. The molecule has 1 saturated carbocycles. The van der Waals surface area contributed by atoms with E-state index < -0.39 is 0 Å². The molecule has 0 aromatic heterocycles. The molecule has 0 aliphatic heterocycles. The number of para-hydroxylation sites is 1. The topological polar surface area (TPSA) is 85.9 Å². The minimum Gasteiger partial charge on any atom is -0.491 e. The Balaban J connectivity index is 1.98. The highest BCUT2D eigenvalue weighted by Gasteiger charge is 2.20. The van der Waals surface area contributed by atoms with E-state index in [1.54, 1.807) is 24.3 Å². The van der Waals surface area contributed by atoms with Crippen LogP contribution in [0.1, 0.15) is 48.9 Å². The van der Waals surface area contributed by atoms with Crippen LogP contribution in [0.15, 0.2) is 24.3 Å². The van der Waals surface area contributed by atoms with Gasteiger partial charge in [-0.3, -0.25) is 4.79 Å². The van der Waals surface area contributed by atoms with Gasteiger partial charge in [0.2, 0.25) is 0 Å². The molecule has 1 fully saturated rings. The average molecular weight is 311 g/mol. The molecule has 1 amide bonds. The van der Waals surface area contributed by atoms with Gasteiger partial charge < -0.3 is 10.1 Å². The molecular weight excluding hydrogens is 290 g/mol. The van der Waals surface area contributed by atoms with Gasteiger partial charge in [-0.25, -0.2) is 0 Å². The summed E-state index contributed by atoms with van der Waals surface area (Å²) >= 11 is 0. The van der Waals surface area contributed by atoms with E-state index in [4.69, 9.17) is 15.3 Å². The van der Waals surface area contributed by atoms with Crippen LogP contribution in [0.4, 0.5) is 0 Å². The molecule has 0 saturated heterocycles. The van der Waals surface area contributed by atoms with Gasteiger partial charge in [0.15, 0.2) is 0 Å². The molecule has 0 bridgehead atoms. The van der Waals surface area contributed by atoms with Crippen molar-refractivity contribution in [2.24, 2.45) is 5.92 Å². The highest BCUT2D eigenvalue weighted by atomic mass is 16.5. The monoisotopic (exact) mass is 311 g/mol. The van der Waals surface area contributed by atoms with Gasteiger partial charge in [-0.2, -0.15) is 10.5 Å². The zero-order chi connectivity index (χ0) is 16.5. The number of hydrogen-bond acceptors (Lipinski definition) is 4. The molecule has 1 N–H and O–H groups in total. The highest BCUT2D eigenvalue weighted by Crippen LogP contribution is 2.22. The summed E-state index contributed by atoms with van der Waals surface area (Å²) in [6.07, 6.45) is 5.17. The van der Waals surface area contributed by atoms with Crippen LogP contribution >= 0.6 is 0 Å². The summed E-state index contributed by atoms with van der Waals surface area (Å²) in [5, 5.41) is 20.7. The zero-order valence-corrected chi connectivity index (χ0v) is 13.1. The van der Waals surface area contributed by atoms with Crippen molar-refractivity contribution in [3.05, 3.63) is 29.8 Å². The normalized spacial score (nSPS) is 15.4. The van der Waals surface area contributed by atoms with Crippen LogP contribution < -0.4 is 10.1 Å². The van der Waals surface area contributed by atoms with Crippen LogP contribution in [0.3, 0.4) is 0 Å². The molecule has 1 aromatic rings. The summed E-state index contributed by atoms with van der Waals surface area (Å²) in [6.45, 7) is 0.186. The van der Waals surface area contributed by atoms with Gasteiger partial charge in [-0.1, -0.05) is 25.0 Å². The molecule has 2 rings (SSSR count). The molecular formula is C18H21N3O2. The van der Waals surface area contributed by atoms with Crippen LogP contribution in [0.5, 0.6) is 5.75 Å². The Bertz CT molecular complexity index is 609. The number of nitrogens with one attached hydrogen (secondary N) is 1. The molecule has 1 atom stereocenters. The minimum atomic E-state index is -0.347. The van der Waals surface area contributed by atoms with Crippen LogP contribution in [0.2, 0.25) is 0 Å². The lowest BCUT2D eigenvalue weighted by atomic mass is 10.1. The van der Waals surface area contributed by atoms with E-state index in [-0.39, 0.29) is 24.5 Å². The first-order valence-corrected chi connectivity index (χ1v) is 8.04. The molecule has 1 aromatic carbocycles. The third kappa shape index (κ3) is 5.00. The van der Waals surface area contributed by atoms with E-state index in [1.807, 2.05) is 6.07 Å². The first kappa shape index (κ1) is 16.8. The van der Waals surface area contributed by atoms with Crippen molar-refractivity contribution in [1.29, 1.82) is 10.5 Å². The van der Waals surface area contributed by atoms with E-state index in [9.17, 15) is 4.79 Å². The number of carbonyl (C=O) groups is 1. The standard InChI is InChI=1S/C18H21N3O2/c19-11-5-6-14(12-20)13-23-17-10-4-3-9-16(17)18(22)21-15-7-1-2-8-15/h3-4,9-10,14-15H,1-2,5-8,13H2,(H,21,22)/t14-/m1/s1. The van der Waals surface area contributed by atoms with Gasteiger partial charge >= 0.3 is 0 Å². The maximum atomic E-state index is 12.4. The Kier molecular flexibility index (Phi) is 6.44. The number of nitrogens with zero attached hydrogens (tertiary/aromatic N) is 2. The summed E-state index contributed by atoms with van der Waals surface area (Å²) < 4.78 is 5.68. The van der Waals surface area contributed by atoms with Gasteiger partial charge in [0.1, 0.15) is 12.4 Å². The highest BCUT2D eigenvalue weighted by molar-refractivity contribution is 5.97. The summed E-state index contributed by atoms with van der Waals surface area (Å²) in [4.78, 5) is 12.4. The molecule has 0 unspecified atom stereocenters. The number of carbonyl (C=O) groups excluding carboxylic acids is 1. The second kappa shape index (κ2) is 8.80. The van der Waals surface area contributed by atoms with E-state index >= 15 is 0 Å². The van der Waals surface area contributed by atoms with Crippen LogP contribution in [-0.4, -0.2) is 18.6 Å². The Morgan fingerprint density at radius 1 is 1.30 bits per heavy atom. The Morgan fingerprint density at radius 3 is 2.74 bits per heavy atom. The second-order valence-corrected chi connectivity index (χ2v) is 5.78. The number of nitriles is 2. The van der Waals surface area contributed by atoms with E-state index in [0.717, 1.165) is 25.7 Å². The maximum absolute atomic E-state index is 12.4. The SMILES string of the molecule is N#CCC[C@H](C#N)COc1ccccc1C(=O)NC1CCCC1. The number of amides is 1. The maximum Gasteiger partial charge on any atom is 0.255 e. The summed E-state index contributed by atoms with van der Waals surface area (Å²) in [5.74, 6) is 0.0128. The summed E-state index contributed by atoms with van der Waals surface area (Å²) in [6, 6.07) is 11.5. The third-order valence-electron chi connectivity index (χ3n) is 4.05. The molecule has 0 radical (unpaired) electrons. The fraction of sp³-hybridized carbons (Fsp3) is 0.500.